The van der Waals surface area contributed by atoms with E-state index in [4.69, 9.17) is 0 Å². The first-order chi connectivity index (χ1) is 11.3. The van der Waals surface area contributed by atoms with Gasteiger partial charge < -0.3 is 21.3 Å². The number of hydrogen-bond donors (Lipinski definition) is 4. The Morgan fingerprint density at radius 2 is 1.62 bits per heavy atom. The highest BCUT2D eigenvalue weighted by molar-refractivity contribution is 5.94. The Hall–Kier alpha value is -2.57. The van der Waals surface area contributed by atoms with Gasteiger partial charge in [-0.15, -0.1) is 0 Å². The molecular weight excluding hydrogens is 306 g/mol. The maximum absolute atomic E-state index is 11.9. The van der Waals surface area contributed by atoms with E-state index >= 15 is 0 Å². The van der Waals surface area contributed by atoms with Gasteiger partial charge in [-0.3, -0.25) is 14.6 Å². The summed E-state index contributed by atoms with van der Waals surface area (Å²) in [4.78, 5) is 27.6. The number of nitrogens with zero attached hydrogens (tertiary/aromatic N) is 1. The Morgan fingerprint density at radius 3 is 2.21 bits per heavy atom. The second kappa shape index (κ2) is 9.54. The van der Waals surface area contributed by atoms with Crippen molar-refractivity contribution in [3.63, 3.8) is 0 Å². The van der Waals surface area contributed by atoms with Gasteiger partial charge in [0.25, 0.3) is 5.91 Å². The highest BCUT2D eigenvalue weighted by Crippen LogP contribution is 1.97. The number of rotatable bonds is 6. The lowest BCUT2D eigenvalue weighted by Gasteiger charge is -2.21. The zero-order valence-corrected chi connectivity index (χ0v) is 14.8. The number of aliphatic imine (C=N–C) groups is 1. The number of carbonyl (C=O) groups excluding carboxylic acids is 2. The van der Waals surface area contributed by atoms with Crippen molar-refractivity contribution in [2.45, 2.75) is 26.3 Å². The summed E-state index contributed by atoms with van der Waals surface area (Å²) in [5.74, 6) is 0.278. The number of amides is 2. The minimum absolute atomic E-state index is 0.108. The summed E-state index contributed by atoms with van der Waals surface area (Å²) in [5.41, 5.74) is 0.358. The Balaban J connectivity index is 2.25. The van der Waals surface area contributed by atoms with Crippen LogP contribution in [-0.4, -0.2) is 50.0 Å². The third kappa shape index (κ3) is 8.17. The summed E-state index contributed by atoms with van der Waals surface area (Å²) in [6.07, 6.45) is 0. The normalized spacial score (nSPS) is 11.6. The third-order valence-corrected chi connectivity index (χ3v) is 2.89. The molecule has 1 aromatic carbocycles. The van der Waals surface area contributed by atoms with Crippen LogP contribution in [0.4, 0.5) is 0 Å². The van der Waals surface area contributed by atoms with Crippen molar-refractivity contribution in [1.29, 1.82) is 0 Å². The standard InChI is InChI=1S/C17H27N5O2/c1-17(2,3)22-14(23)12-21-16(18-4)20-11-10-19-15(24)13-8-6-5-7-9-13/h5-9H,10-12H2,1-4H3,(H,19,24)(H,22,23)(H2,18,20,21). The lowest BCUT2D eigenvalue weighted by Crippen LogP contribution is -2.48. The molecule has 2 amide bonds. The molecule has 0 atom stereocenters. The van der Waals surface area contributed by atoms with Gasteiger partial charge >= 0.3 is 0 Å². The predicted molar refractivity (Wildman–Crippen MR) is 96.0 cm³/mol. The zero-order chi connectivity index (χ0) is 18.0. The monoisotopic (exact) mass is 333 g/mol. The highest BCUT2D eigenvalue weighted by Gasteiger charge is 2.13. The van der Waals surface area contributed by atoms with E-state index in [1.54, 1.807) is 19.2 Å². The van der Waals surface area contributed by atoms with E-state index in [-0.39, 0.29) is 23.9 Å². The minimum Gasteiger partial charge on any atom is -0.355 e. The number of hydrogen-bond acceptors (Lipinski definition) is 3. The Kier molecular flexibility index (Phi) is 7.74. The number of carbonyl (C=O) groups is 2. The van der Waals surface area contributed by atoms with Crippen molar-refractivity contribution in [3.05, 3.63) is 35.9 Å². The van der Waals surface area contributed by atoms with E-state index in [0.717, 1.165) is 0 Å². The van der Waals surface area contributed by atoms with E-state index < -0.39 is 0 Å². The van der Waals surface area contributed by atoms with Gasteiger partial charge in [0, 0.05) is 31.2 Å². The van der Waals surface area contributed by atoms with E-state index in [9.17, 15) is 9.59 Å². The molecule has 7 nitrogen and oxygen atoms in total. The number of guanidine groups is 1. The van der Waals surface area contributed by atoms with Gasteiger partial charge in [0.15, 0.2) is 5.96 Å². The first-order valence-corrected chi connectivity index (χ1v) is 7.90. The quantitative estimate of drug-likeness (QED) is 0.346. The molecule has 0 saturated carbocycles. The fourth-order valence-corrected chi connectivity index (χ4v) is 1.90. The number of benzene rings is 1. The van der Waals surface area contributed by atoms with Crippen molar-refractivity contribution in [1.82, 2.24) is 21.3 Å². The summed E-state index contributed by atoms with van der Waals surface area (Å²) >= 11 is 0. The van der Waals surface area contributed by atoms with E-state index in [1.165, 1.54) is 0 Å². The molecule has 0 aliphatic carbocycles. The number of nitrogens with one attached hydrogen (secondary N) is 4. The van der Waals surface area contributed by atoms with Crippen molar-refractivity contribution < 1.29 is 9.59 Å². The average Bonchev–Trinajstić information content (AvgIpc) is 2.53. The fourth-order valence-electron chi connectivity index (χ4n) is 1.90. The molecule has 0 bridgehead atoms. The SMILES string of the molecule is CN=C(NCCNC(=O)c1ccccc1)NCC(=O)NC(C)(C)C. The van der Waals surface area contributed by atoms with Crippen molar-refractivity contribution in [3.8, 4) is 0 Å². The van der Waals surface area contributed by atoms with Gasteiger partial charge in [-0.05, 0) is 32.9 Å². The van der Waals surface area contributed by atoms with Gasteiger partial charge in [0.2, 0.25) is 5.91 Å². The van der Waals surface area contributed by atoms with Crippen LogP contribution in [0.1, 0.15) is 31.1 Å². The van der Waals surface area contributed by atoms with E-state index in [0.29, 0.717) is 24.6 Å². The molecule has 0 fully saturated rings. The topological polar surface area (TPSA) is 94.6 Å². The van der Waals surface area contributed by atoms with Crippen LogP contribution in [0.5, 0.6) is 0 Å². The van der Waals surface area contributed by atoms with Crippen molar-refractivity contribution in [2.24, 2.45) is 4.99 Å². The Morgan fingerprint density at radius 1 is 1.00 bits per heavy atom. The highest BCUT2D eigenvalue weighted by atomic mass is 16.2. The largest absolute Gasteiger partial charge is 0.355 e. The molecule has 0 aromatic heterocycles. The third-order valence-electron chi connectivity index (χ3n) is 2.89. The van der Waals surface area contributed by atoms with Crippen LogP contribution in [0.15, 0.2) is 35.3 Å². The molecule has 0 heterocycles. The molecule has 0 spiro atoms. The van der Waals surface area contributed by atoms with Crippen LogP contribution in [0, 0.1) is 0 Å². The smallest absolute Gasteiger partial charge is 0.251 e. The molecular formula is C17H27N5O2. The Labute approximate surface area is 143 Å². The fraction of sp³-hybridized carbons (Fsp3) is 0.471. The van der Waals surface area contributed by atoms with Crippen LogP contribution in [0.25, 0.3) is 0 Å². The molecule has 1 rings (SSSR count). The second-order valence-corrected chi connectivity index (χ2v) is 6.27. The zero-order valence-electron chi connectivity index (χ0n) is 14.8. The molecule has 0 radical (unpaired) electrons. The molecule has 132 valence electrons. The maximum atomic E-state index is 11.9. The molecule has 7 heteroatoms. The molecule has 0 aliphatic rings. The van der Waals surface area contributed by atoms with Crippen LogP contribution >= 0.6 is 0 Å². The first-order valence-electron chi connectivity index (χ1n) is 7.90. The molecule has 4 N–H and O–H groups in total. The summed E-state index contributed by atoms with van der Waals surface area (Å²) in [6, 6.07) is 9.03. The Bertz CT molecular complexity index is 564. The van der Waals surface area contributed by atoms with Crippen molar-refractivity contribution >= 4 is 17.8 Å². The molecule has 0 saturated heterocycles. The molecule has 0 unspecified atom stereocenters. The molecule has 0 aliphatic heterocycles. The summed E-state index contributed by atoms with van der Waals surface area (Å²) in [7, 11) is 1.62. The van der Waals surface area contributed by atoms with Crippen LogP contribution in [0.3, 0.4) is 0 Å². The lowest BCUT2D eigenvalue weighted by atomic mass is 10.1. The van der Waals surface area contributed by atoms with Crippen LogP contribution < -0.4 is 21.3 Å². The van der Waals surface area contributed by atoms with Gasteiger partial charge in [-0.25, -0.2) is 0 Å². The van der Waals surface area contributed by atoms with Gasteiger partial charge in [0.05, 0.1) is 6.54 Å². The van der Waals surface area contributed by atoms with Gasteiger partial charge in [-0.1, -0.05) is 18.2 Å². The minimum atomic E-state index is -0.266. The maximum Gasteiger partial charge on any atom is 0.251 e. The molecule has 24 heavy (non-hydrogen) atoms. The first kappa shape index (κ1) is 19.5. The summed E-state index contributed by atoms with van der Waals surface area (Å²) < 4.78 is 0. The summed E-state index contributed by atoms with van der Waals surface area (Å²) in [6.45, 7) is 6.85. The van der Waals surface area contributed by atoms with Gasteiger partial charge in [0.1, 0.15) is 0 Å². The van der Waals surface area contributed by atoms with Crippen molar-refractivity contribution in [2.75, 3.05) is 26.7 Å². The van der Waals surface area contributed by atoms with Gasteiger partial charge in [-0.2, -0.15) is 0 Å². The molecule has 1 aromatic rings. The van der Waals surface area contributed by atoms with Crippen LogP contribution in [0.2, 0.25) is 0 Å². The summed E-state index contributed by atoms with van der Waals surface area (Å²) in [5, 5.41) is 11.6. The average molecular weight is 333 g/mol. The van der Waals surface area contributed by atoms with E-state index in [1.807, 2.05) is 39.0 Å². The van der Waals surface area contributed by atoms with Crippen LogP contribution in [-0.2, 0) is 4.79 Å². The lowest BCUT2D eigenvalue weighted by molar-refractivity contribution is -0.121. The second-order valence-electron chi connectivity index (χ2n) is 6.27. The van der Waals surface area contributed by atoms with E-state index in [2.05, 4.69) is 26.3 Å². The predicted octanol–water partition coefficient (Wildman–Crippen LogP) is 0.496.